The van der Waals surface area contributed by atoms with Crippen molar-refractivity contribution in [3.05, 3.63) is 34.6 Å². The summed E-state index contributed by atoms with van der Waals surface area (Å²) in [5.74, 6) is -0.232. The summed E-state index contributed by atoms with van der Waals surface area (Å²) in [5.41, 5.74) is 0.564. The third-order valence-corrected chi connectivity index (χ3v) is 4.14. The molecule has 0 spiro atoms. The fraction of sp³-hybridized carbons (Fsp3) is 0.600. The Morgan fingerprint density at radius 2 is 2.00 bits per heavy atom. The Labute approximate surface area is 125 Å². The van der Waals surface area contributed by atoms with Gasteiger partial charge in [0.05, 0.1) is 0 Å². The van der Waals surface area contributed by atoms with Crippen LogP contribution < -0.4 is 5.32 Å². The summed E-state index contributed by atoms with van der Waals surface area (Å²) >= 11 is 5.98. The molecule has 0 aromatic heterocycles. The molecule has 0 aliphatic carbocycles. The maximum absolute atomic E-state index is 13.5. The van der Waals surface area contributed by atoms with E-state index in [9.17, 15) is 4.39 Å². The molecule has 2 rings (SSSR count). The van der Waals surface area contributed by atoms with Gasteiger partial charge in [0.25, 0.3) is 0 Å². The fourth-order valence-corrected chi connectivity index (χ4v) is 2.64. The summed E-state index contributed by atoms with van der Waals surface area (Å²) in [6.45, 7) is 7.08. The first-order valence-electron chi connectivity index (χ1n) is 7.21. The molecule has 0 bridgehead atoms. The lowest BCUT2D eigenvalue weighted by atomic mass is 10.2. The summed E-state index contributed by atoms with van der Waals surface area (Å²) < 4.78 is 13.5. The Morgan fingerprint density at radius 3 is 2.70 bits per heavy atom. The van der Waals surface area contributed by atoms with E-state index < -0.39 is 0 Å². The molecule has 1 N–H and O–H groups in total. The number of rotatable bonds is 6. The van der Waals surface area contributed by atoms with Crippen LogP contribution >= 0.6 is 11.6 Å². The highest BCUT2D eigenvalue weighted by atomic mass is 35.5. The van der Waals surface area contributed by atoms with Gasteiger partial charge in [-0.3, -0.25) is 0 Å². The number of nitrogens with zero attached hydrogens (tertiary/aromatic N) is 2. The largest absolute Gasteiger partial charge is 0.312 e. The average molecular weight is 300 g/mol. The molecule has 20 heavy (non-hydrogen) atoms. The van der Waals surface area contributed by atoms with Gasteiger partial charge in [-0.2, -0.15) is 0 Å². The van der Waals surface area contributed by atoms with Gasteiger partial charge in [-0.05, 0) is 38.7 Å². The summed E-state index contributed by atoms with van der Waals surface area (Å²) in [6.07, 6.45) is 1.08. The van der Waals surface area contributed by atoms with Gasteiger partial charge in [-0.1, -0.05) is 17.7 Å². The fourth-order valence-electron chi connectivity index (χ4n) is 2.41. The van der Waals surface area contributed by atoms with Gasteiger partial charge >= 0.3 is 0 Å². The predicted molar refractivity (Wildman–Crippen MR) is 81.7 cm³/mol. The Bertz CT molecular complexity index is 399. The van der Waals surface area contributed by atoms with Crippen molar-refractivity contribution in [1.29, 1.82) is 0 Å². The van der Waals surface area contributed by atoms with E-state index >= 15 is 0 Å². The molecule has 0 radical (unpaired) electrons. The highest BCUT2D eigenvalue weighted by Gasteiger charge is 2.12. The summed E-state index contributed by atoms with van der Waals surface area (Å²) in [6, 6.07) is 4.81. The minimum Gasteiger partial charge on any atom is -0.312 e. The topological polar surface area (TPSA) is 18.5 Å². The van der Waals surface area contributed by atoms with Gasteiger partial charge in [-0.25, -0.2) is 4.39 Å². The minimum atomic E-state index is -0.232. The third-order valence-electron chi connectivity index (χ3n) is 3.79. The summed E-state index contributed by atoms with van der Waals surface area (Å²) in [7, 11) is 2.16. The molecule has 1 saturated heterocycles. The van der Waals surface area contributed by atoms with Crippen LogP contribution in [0.5, 0.6) is 0 Å². The van der Waals surface area contributed by atoms with Crippen molar-refractivity contribution in [3.63, 3.8) is 0 Å². The number of likely N-dealkylation sites (N-methyl/N-ethyl adjacent to an activating group) is 1. The first-order chi connectivity index (χ1) is 9.66. The van der Waals surface area contributed by atoms with E-state index in [4.69, 9.17) is 11.6 Å². The SMILES string of the molecule is CN1CCN(CCCNCc2c(F)cccc2Cl)CC1. The molecule has 1 aliphatic heterocycles. The Balaban J connectivity index is 1.62. The maximum Gasteiger partial charge on any atom is 0.129 e. The second-order valence-corrected chi connectivity index (χ2v) is 5.78. The van der Waals surface area contributed by atoms with Crippen molar-refractivity contribution >= 4 is 11.6 Å². The lowest BCUT2D eigenvalue weighted by molar-refractivity contribution is 0.152. The average Bonchev–Trinajstić information content (AvgIpc) is 2.43. The zero-order valence-corrected chi connectivity index (χ0v) is 12.8. The van der Waals surface area contributed by atoms with Gasteiger partial charge in [-0.15, -0.1) is 0 Å². The van der Waals surface area contributed by atoms with Crippen LogP contribution in [0, 0.1) is 5.82 Å². The van der Waals surface area contributed by atoms with Crippen molar-refractivity contribution in [1.82, 2.24) is 15.1 Å². The predicted octanol–water partition coefficient (Wildman–Crippen LogP) is 2.21. The van der Waals surface area contributed by atoms with Crippen LogP contribution in [-0.2, 0) is 6.54 Å². The number of halogens is 2. The van der Waals surface area contributed by atoms with Gasteiger partial charge in [0, 0.05) is 43.3 Å². The van der Waals surface area contributed by atoms with Crippen molar-refractivity contribution < 1.29 is 4.39 Å². The van der Waals surface area contributed by atoms with Crippen molar-refractivity contribution in [3.8, 4) is 0 Å². The van der Waals surface area contributed by atoms with Gasteiger partial charge in [0.15, 0.2) is 0 Å². The lowest BCUT2D eigenvalue weighted by Crippen LogP contribution is -2.45. The zero-order valence-electron chi connectivity index (χ0n) is 12.0. The van der Waals surface area contributed by atoms with Crippen LogP contribution in [0.2, 0.25) is 5.02 Å². The molecule has 0 saturated carbocycles. The summed E-state index contributed by atoms with van der Waals surface area (Å²) in [4.78, 5) is 4.84. The monoisotopic (exact) mass is 299 g/mol. The molecule has 1 aromatic carbocycles. The molecule has 0 atom stereocenters. The second-order valence-electron chi connectivity index (χ2n) is 5.38. The van der Waals surface area contributed by atoms with Crippen LogP contribution in [0.25, 0.3) is 0 Å². The number of hydrogen-bond acceptors (Lipinski definition) is 3. The normalized spacial score (nSPS) is 17.6. The Kier molecular flexibility index (Phi) is 6.23. The Morgan fingerprint density at radius 1 is 1.25 bits per heavy atom. The standard InChI is InChI=1S/C15H23ClFN3/c1-19-8-10-20(11-9-19)7-3-6-18-12-13-14(16)4-2-5-15(13)17/h2,4-5,18H,3,6-12H2,1H3. The molecule has 1 aromatic rings. The van der Waals surface area contributed by atoms with E-state index in [1.165, 1.54) is 6.07 Å². The van der Waals surface area contributed by atoms with Crippen LogP contribution in [0.4, 0.5) is 4.39 Å². The molecule has 1 heterocycles. The Hall–Kier alpha value is -0.680. The van der Waals surface area contributed by atoms with Gasteiger partial charge in [0.2, 0.25) is 0 Å². The third kappa shape index (κ3) is 4.70. The first kappa shape index (κ1) is 15.7. The van der Waals surface area contributed by atoms with E-state index in [0.29, 0.717) is 17.1 Å². The van der Waals surface area contributed by atoms with E-state index in [1.54, 1.807) is 12.1 Å². The lowest BCUT2D eigenvalue weighted by Gasteiger charge is -2.32. The number of benzene rings is 1. The van der Waals surface area contributed by atoms with Gasteiger partial charge < -0.3 is 15.1 Å². The highest BCUT2D eigenvalue weighted by Crippen LogP contribution is 2.18. The van der Waals surface area contributed by atoms with Crippen LogP contribution in [0.15, 0.2) is 18.2 Å². The van der Waals surface area contributed by atoms with Crippen molar-refractivity contribution in [2.24, 2.45) is 0 Å². The zero-order chi connectivity index (χ0) is 14.4. The van der Waals surface area contributed by atoms with Crippen molar-refractivity contribution in [2.75, 3.05) is 46.3 Å². The van der Waals surface area contributed by atoms with E-state index in [2.05, 4.69) is 22.2 Å². The molecule has 1 aliphatic rings. The molecule has 5 heteroatoms. The smallest absolute Gasteiger partial charge is 0.129 e. The molecular weight excluding hydrogens is 277 g/mol. The van der Waals surface area contributed by atoms with E-state index in [0.717, 1.165) is 45.7 Å². The van der Waals surface area contributed by atoms with Crippen LogP contribution in [-0.4, -0.2) is 56.1 Å². The molecular formula is C15H23ClFN3. The first-order valence-corrected chi connectivity index (χ1v) is 7.59. The van der Waals surface area contributed by atoms with Crippen LogP contribution in [0.3, 0.4) is 0 Å². The second kappa shape index (κ2) is 7.93. The molecule has 112 valence electrons. The molecule has 0 unspecified atom stereocenters. The van der Waals surface area contributed by atoms with Crippen LogP contribution in [0.1, 0.15) is 12.0 Å². The number of piperazine rings is 1. The number of nitrogens with one attached hydrogen (secondary N) is 1. The van der Waals surface area contributed by atoms with Crippen molar-refractivity contribution in [2.45, 2.75) is 13.0 Å². The van der Waals surface area contributed by atoms with E-state index in [-0.39, 0.29) is 5.82 Å². The van der Waals surface area contributed by atoms with E-state index in [1.807, 2.05) is 0 Å². The maximum atomic E-state index is 13.5. The highest BCUT2D eigenvalue weighted by molar-refractivity contribution is 6.31. The molecule has 3 nitrogen and oxygen atoms in total. The molecule has 0 amide bonds. The van der Waals surface area contributed by atoms with Gasteiger partial charge in [0.1, 0.15) is 5.82 Å². The molecule has 1 fully saturated rings. The minimum absolute atomic E-state index is 0.232. The summed E-state index contributed by atoms with van der Waals surface area (Å²) in [5, 5.41) is 3.77. The quantitative estimate of drug-likeness (QED) is 0.813. The number of hydrogen-bond donors (Lipinski definition) is 1.